The average Bonchev–Trinajstić information content (AvgIpc) is 2.42. The van der Waals surface area contributed by atoms with E-state index in [1.807, 2.05) is 0 Å². The van der Waals surface area contributed by atoms with E-state index in [-0.39, 0.29) is 0 Å². The molecular weight excluding hydrogens is 174 g/mol. The smallest absolute Gasteiger partial charge is 0.0983 e. The summed E-state index contributed by atoms with van der Waals surface area (Å²) in [5.41, 5.74) is 2.85. The van der Waals surface area contributed by atoms with Crippen molar-refractivity contribution in [3.8, 4) is 0 Å². The van der Waals surface area contributed by atoms with E-state index in [1.54, 1.807) is 0 Å². The van der Waals surface area contributed by atoms with Gasteiger partial charge in [0.2, 0.25) is 0 Å². The quantitative estimate of drug-likeness (QED) is 0.670. The Balaban J connectivity index is 1.96. The molecule has 3 rings (SSSR count). The summed E-state index contributed by atoms with van der Waals surface area (Å²) in [6.45, 7) is 1.98. The third kappa shape index (κ3) is 1.26. The number of rotatable bonds is 0. The van der Waals surface area contributed by atoms with Crippen LogP contribution in [0.4, 0.5) is 0 Å². The van der Waals surface area contributed by atoms with Crippen LogP contribution in [-0.2, 0) is 11.2 Å². The molecule has 1 saturated heterocycles. The molecule has 1 aliphatic heterocycles. The van der Waals surface area contributed by atoms with E-state index >= 15 is 0 Å². The Morgan fingerprint density at radius 3 is 3.21 bits per heavy atom. The van der Waals surface area contributed by atoms with E-state index in [2.05, 4.69) is 29.6 Å². The maximum Gasteiger partial charge on any atom is 0.0983 e. The van der Waals surface area contributed by atoms with Gasteiger partial charge in [-0.05, 0) is 30.5 Å². The maximum atomic E-state index is 5.89. The van der Waals surface area contributed by atoms with Crippen LogP contribution < -0.4 is 5.32 Å². The van der Waals surface area contributed by atoms with Gasteiger partial charge in [-0.3, -0.25) is 0 Å². The van der Waals surface area contributed by atoms with Gasteiger partial charge in [0.25, 0.3) is 0 Å². The molecule has 0 radical (unpaired) electrons. The molecule has 2 nitrogen and oxygen atoms in total. The lowest BCUT2D eigenvalue weighted by molar-refractivity contribution is 0.0505. The van der Waals surface area contributed by atoms with Gasteiger partial charge in [-0.2, -0.15) is 0 Å². The van der Waals surface area contributed by atoms with Crippen molar-refractivity contribution >= 4 is 0 Å². The lowest BCUT2D eigenvalue weighted by atomic mass is 10.1. The predicted octanol–water partition coefficient (Wildman–Crippen LogP) is 1.66. The highest BCUT2D eigenvalue weighted by molar-refractivity contribution is 5.36. The van der Waals surface area contributed by atoms with Crippen LogP contribution in [0.1, 0.15) is 23.7 Å². The molecule has 0 unspecified atom stereocenters. The summed E-state index contributed by atoms with van der Waals surface area (Å²) in [6, 6.07) is 9.15. The van der Waals surface area contributed by atoms with Gasteiger partial charge in [-0.15, -0.1) is 0 Å². The number of hydrogen-bond acceptors (Lipinski definition) is 2. The summed E-state index contributed by atoms with van der Waals surface area (Å²) in [5.74, 6) is 0. The number of fused-ring (bicyclic) bond motifs is 3. The first kappa shape index (κ1) is 8.45. The molecule has 2 atom stereocenters. The molecule has 2 heteroatoms. The second-order valence-corrected chi connectivity index (χ2v) is 4.11. The Morgan fingerprint density at radius 1 is 1.29 bits per heavy atom. The second-order valence-electron chi connectivity index (χ2n) is 4.11. The third-order valence-electron chi connectivity index (χ3n) is 3.19. The standard InChI is InChI=1S/C12H15NO/c1-2-5-10-9(4-1)8-11-12(10)14-7-3-6-13-11/h1-2,4-5,11-13H,3,6-8H2/t11-,12-/m1/s1. The van der Waals surface area contributed by atoms with Crippen LogP contribution >= 0.6 is 0 Å². The fraction of sp³-hybridized carbons (Fsp3) is 0.500. The van der Waals surface area contributed by atoms with Crippen LogP contribution in [0.15, 0.2) is 24.3 Å². The van der Waals surface area contributed by atoms with Crippen LogP contribution in [0.3, 0.4) is 0 Å². The summed E-state index contributed by atoms with van der Waals surface area (Å²) < 4.78 is 5.89. The summed E-state index contributed by atoms with van der Waals surface area (Å²) in [5, 5.41) is 3.57. The second kappa shape index (κ2) is 3.37. The SMILES string of the molecule is c1ccc2c(c1)C[C@H]1NCCCO[C@H]21. The minimum absolute atomic E-state index is 0.300. The number of hydrogen-bond donors (Lipinski definition) is 1. The molecule has 1 aromatic carbocycles. The average molecular weight is 189 g/mol. The van der Waals surface area contributed by atoms with Crippen molar-refractivity contribution in [2.24, 2.45) is 0 Å². The highest BCUT2D eigenvalue weighted by Crippen LogP contribution is 2.34. The normalized spacial score (nSPS) is 30.6. The number of nitrogens with one attached hydrogen (secondary N) is 1. The lowest BCUT2D eigenvalue weighted by Crippen LogP contribution is -2.31. The summed E-state index contributed by atoms with van der Waals surface area (Å²) >= 11 is 0. The van der Waals surface area contributed by atoms with E-state index in [0.717, 1.165) is 26.0 Å². The van der Waals surface area contributed by atoms with Gasteiger partial charge in [0, 0.05) is 12.6 Å². The van der Waals surface area contributed by atoms with Crippen LogP contribution in [0.5, 0.6) is 0 Å². The Labute approximate surface area is 84.3 Å². The monoisotopic (exact) mass is 189 g/mol. The zero-order chi connectivity index (χ0) is 9.38. The first-order valence-corrected chi connectivity index (χ1v) is 5.38. The van der Waals surface area contributed by atoms with Gasteiger partial charge in [0.1, 0.15) is 0 Å². The van der Waals surface area contributed by atoms with Gasteiger partial charge in [0.15, 0.2) is 0 Å². The fourth-order valence-electron chi connectivity index (χ4n) is 2.51. The van der Waals surface area contributed by atoms with Gasteiger partial charge < -0.3 is 10.1 Å². The Hall–Kier alpha value is -0.860. The van der Waals surface area contributed by atoms with Crippen molar-refractivity contribution in [1.82, 2.24) is 5.32 Å². The predicted molar refractivity (Wildman–Crippen MR) is 55.2 cm³/mol. The highest BCUT2D eigenvalue weighted by Gasteiger charge is 2.33. The largest absolute Gasteiger partial charge is 0.372 e. The van der Waals surface area contributed by atoms with Crippen molar-refractivity contribution in [3.05, 3.63) is 35.4 Å². The molecule has 1 N–H and O–H groups in total. The van der Waals surface area contributed by atoms with E-state index in [1.165, 1.54) is 11.1 Å². The topological polar surface area (TPSA) is 21.3 Å². The molecule has 14 heavy (non-hydrogen) atoms. The lowest BCUT2D eigenvalue weighted by Gasteiger charge is -2.17. The highest BCUT2D eigenvalue weighted by atomic mass is 16.5. The Morgan fingerprint density at radius 2 is 2.21 bits per heavy atom. The summed E-state index contributed by atoms with van der Waals surface area (Å²) in [4.78, 5) is 0. The van der Waals surface area contributed by atoms with E-state index in [9.17, 15) is 0 Å². The van der Waals surface area contributed by atoms with Crippen molar-refractivity contribution in [1.29, 1.82) is 0 Å². The van der Waals surface area contributed by atoms with Gasteiger partial charge in [-0.25, -0.2) is 0 Å². The van der Waals surface area contributed by atoms with Crippen molar-refractivity contribution in [2.45, 2.75) is 25.0 Å². The Bertz CT molecular complexity index is 337. The summed E-state index contributed by atoms with van der Waals surface area (Å²) in [6.07, 6.45) is 2.56. The molecule has 0 amide bonds. The molecule has 1 heterocycles. The molecule has 1 fully saturated rings. The van der Waals surface area contributed by atoms with Crippen molar-refractivity contribution < 1.29 is 4.74 Å². The molecule has 1 aliphatic carbocycles. The minimum Gasteiger partial charge on any atom is -0.372 e. The first-order valence-electron chi connectivity index (χ1n) is 5.38. The minimum atomic E-state index is 0.300. The third-order valence-corrected chi connectivity index (χ3v) is 3.19. The van der Waals surface area contributed by atoms with E-state index in [4.69, 9.17) is 4.74 Å². The molecule has 0 spiro atoms. The van der Waals surface area contributed by atoms with Crippen molar-refractivity contribution in [3.63, 3.8) is 0 Å². The van der Waals surface area contributed by atoms with E-state index < -0.39 is 0 Å². The van der Waals surface area contributed by atoms with Gasteiger partial charge in [-0.1, -0.05) is 24.3 Å². The van der Waals surface area contributed by atoms with Crippen LogP contribution in [0, 0.1) is 0 Å². The zero-order valence-electron chi connectivity index (χ0n) is 8.20. The number of benzene rings is 1. The van der Waals surface area contributed by atoms with Crippen LogP contribution in [0.25, 0.3) is 0 Å². The van der Waals surface area contributed by atoms with Gasteiger partial charge in [0.05, 0.1) is 6.10 Å². The molecule has 2 aliphatic rings. The molecule has 0 aromatic heterocycles. The van der Waals surface area contributed by atoms with Gasteiger partial charge >= 0.3 is 0 Å². The Kier molecular flexibility index (Phi) is 2.03. The van der Waals surface area contributed by atoms with Crippen LogP contribution in [0.2, 0.25) is 0 Å². The molecule has 0 saturated carbocycles. The molecule has 0 bridgehead atoms. The first-order chi connectivity index (χ1) is 6.95. The zero-order valence-corrected chi connectivity index (χ0v) is 8.20. The molecular formula is C12H15NO. The van der Waals surface area contributed by atoms with Crippen molar-refractivity contribution in [2.75, 3.05) is 13.2 Å². The van der Waals surface area contributed by atoms with Crippen LogP contribution in [-0.4, -0.2) is 19.2 Å². The maximum absolute atomic E-state index is 5.89. The molecule has 1 aromatic rings. The summed E-state index contributed by atoms with van der Waals surface area (Å²) in [7, 11) is 0. The fourth-order valence-corrected chi connectivity index (χ4v) is 2.51. The number of ether oxygens (including phenoxy) is 1. The van der Waals surface area contributed by atoms with E-state index in [0.29, 0.717) is 12.1 Å². The molecule has 74 valence electrons.